The molecule has 3 rings (SSSR count). The molecular formula is C19H22ClFN2. The van der Waals surface area contributed by atoms with E-state index in [2.05, 4.69) is 41.8 Å². The maximum atomic E-state index is 13.1. The van der Waals surface area contributed by atoms with Gasteiger partial charge < -0.3 is 4.90 Å². The van der Waals surface area contributed by atoms with Crippen molar-refractivity contribution in [1.82, 2.24) is 4.90 Å². The number of benzene rings is 2. The molecule has 0 aromatic heterocycles. The fourth-order valence-electron chi connectivity index (χ4n) is 3.12. The van der Waals surface area contributed by atoms with Crippen LogP contribution in [0.3, 0.4) is 0 Å². The second-order valence-corrected chi connectivity index (χ2v) is 6.63. The highest BCUT2D eigenvalue weighted by Gasteiger charge is 2.19. The van der Waals surface area contributed by atoms with Crippen molar-refractivity contribution in [3.8, 4) is 0 Å². The summed E-state index contributed by atoms with van der Waals surface area (Å²) in [6.45, 7) is 9.11. The molecule has 1 heterocycles. The third kappa shape index (κ3) is 3.67. The van der Waals surface area contributed by atoms with Crippen LogP contribution < -0.4 is 4.90 Å². The SMILES string of the molecule is Cc1cccc(N2CCN(Cc3ccc(F)cc3Cl)CC2)c1C. The summed E-state index contributed by atoms with van der Waals surface area (Å²) in [7, 11) is 0. The first-order valence-corrected chi connectivity index (χ1v) is 8.40. The van der Waals surface area contributed by atoms with Crippen molar-refractivity contribution in [1.29, 1.82) is 0 Å². The zero-order valence-corrected chi connectivity index (χ0v) is 14.4. The molecule has 122 valence electrons. The third-order valence-electron chi connectivity index (χ3n) is 4.70. The highest BCUT2D eigenvalue weighted by atomic mass is 35.5. The quantitative estimate of drug-likeness (QED) is 0.821. The van der Waals surface area contributed by atoms with Crippen molar-refractivity contribution >= 4 is 17.3 Å². The Hall–Kier alpha value is -1.58. The summed E-state index contributed by atoms with van der Waals surface area (Å²) >= 11 is 6.13. The van der Waals surface area contributed by atoms with Crippen LogP contribution in [0.5, 0.6) is 0 Å². The summed E-state index contributed by atoms with van der Waals surface area (Å²) < 4.78 is 13.1. The van der Waals surface area contributed by atoms with E-state index in [0.29, 0.717) is 5.02 Å². The number of rotatable bonds is 3. The molecule has 0 atom stereocenters. The molecular weight excluding hydrogens is 311 g/mol. The first-order valence-electron chi connectivity index (χ1n) is 8.02. The van der Waals surface area contributed by atoms with Crippen molar-refractivity contribution in [3.63, 3.8) is 0 Å². The minimum Gasteiger partial charge on any atom is -0.369 e. The molecule has 23 heavy (non-hydrogen) atoms. The van der Waals surface area contributed by atoms with Gasteiger partial charge in [-0.1, -0.05) is 29.8 Å². The van der Waals surface area contributed by atoms with Gasteiger partial charge in [-0.05, 0) is 48.7 Å². The van der Waals surface area contributed by atoms with Crippen molar-refractivity contribution in [3.05, 3.63) is 63.9 Å². The first kappa shape index (κ1) is 16.3. The minimum absolute atomic E-state index is 0.279. The van der Waals surface area contributed by atoms with E-state index in [0.717, 1.165) is 38.3 Å². The summed E-state index contributed by atoms with van der Waals surface area (Å²) in [5, 5.41) is 0.516. The van der Waals surface area contributed by atoms with E-state index in [1.165, 1.54) is 28.9 Å². The Balaban J connectivity index is 1.63. The summed E-state index contributed by atoms with van der Waals surface area (Å²) in [5.41, 5.74) is 5.03. The van der Waals surface area contributed by atoms with Crippen LogP contribution in [-0.4, -0.2) is 31.1 Å². The van der Waals surface area contributed by atoms with Gasteiger partial charge in [0.25, 0.3) is 0 Å². The van der Waals surface area contributed by atoms with E-state index < -0.39 is 0 Å². The Labute approximate surface area is 142 Å². The molecule has 4 heteroatoms. The van der Waals surface area contributed by atoms with Crippen LogP contribution >= 0.6 is 11.6 Å². The van der Waals surface area contributed by atoms with Crippen molar-refractivity contribution < 1.29 is 4.39 Å². The predicted octanol–water partition coefficient (Wildman–Crippen LogP) is 4.42. The monoisotopic (exact) mass is 332 g/mol. The zero-order chi connectivity index (χ0) is 16.4. The molecule has 2 aromatic rings. The van der Waals surface area contributed by atoms with Gasteiger partial charge in [-0.15, -0.1) is 0 Å². The average molecular weight is 333 g/mol. The number of aryl methyl sites for hydroxylation is 1. The van der Waals surface area contributed by atoms with E-state index >= 15 is 0 Å². The van der Waals surface area contributed by atoms with Gasteiger partial charge in [0.1, 0.15) is 5.82 Å². The Morgan fingerprint density at radius 2 is 1.78 bits per heavy atom. The highest BCUT2D eigenvalue weighted by Crippen LogP contribution is 2.25. The van der Waals surface area contributed by atoms with Crippen molar-refractivity contribution in [2.75, 3.05) is 31.1 Å². The number of hydrogen-bond acceptors (Lipinski definition) is 2. The van der Waals surface area contributed by atoms with Gasteiger partial charge in [0.15, 0.2) is 0 Å². The third-order valence-corrected chi connectivity index (χ3v) is 5.05. The standard InChI is InChI=1S/C19H22ClFN2/c1-14-4-3-5-19(15(14)2)23-10-8-22(9-11-23)13-16-6-7-17(21)12-18(16)20/h3-7,12H,8-11,13H2,1-2H3. The molecule has 2 aromatic carbocycles. The smallest absolute Gasteiger partial charge is 0.124 e. The fraction of sp³-hybridized carbons (Fsp3) is 0.368. The summed E-state index contributed by atoms with van der Waals surface area (Å²) in [6.07, 6.45) is 0. The van der Waals surface area contributed by atoms with E-state index in [1.54, 1.807) is 6.07 Å². The molecule has 1 aliphatic rings. The number of anilines is 1. The molecule has 1 saturated heterocycles. The average Bonchev–Trinajstić information content (AvgIpc) is 2.54. The van der Waals surface area contributed by atoms with Crippen LogP contribution in [-0.2, 0) is 6.54 Å². The van der Waals surface area contributed by atoms with Crippen LogP contribution in [0.25, 0.3) is 0 Å². The zero-order valence-electron chi connectivity index (χ0n) is 13.6. The molecule has 0 radical (unpaired) electrons. The molecule has 0 spiro atoms. The number of nitrogens with zero attached hydrogens (tertiary/aromatic N) is 2. The molecule has 0 saturated carbocycles. The van der Waals surface area contributed by atoms with E-state index in [9.17, 15) is 4.39 Å². The maximum Gasteiger partial charge on any atom is 0.124 e. The molecule has 0 amide bonds. The Bertz CT molecular complexity index is 694. The van der Waals surface area contributed by atoms with Gasteiger partial charge in [-0.25, -0.2) is 4.39 Å². The topological polar surface area (TPSA) is 6.48 Å². The lowest BCUT2D eigenvalue weighted by molar-refractivity contribution is 0.250. The number of halogens is 2. The van der Waals surface area contributed by atoms with Crippen LogP contribution in [0.1, 0.15) is 16.7 Å². The van der Waals surface area contributed by atoms with Crippen LogP contribution in [0.2, 0.25) is 5.02 Å². The largest absolute Gasteiger partial charge is 0.369 e. The molecule has 2 nitrogen and oxygen atoms in total. The van der Waals surface area contributed by atoms with E-state index in [4.69, 9.17) is 11.6 Å². The van der Waals surface area contributed by atoms with Crippen molar-refractivity contribution in [2.45, 2.75) is 20.4 Å². The van der Waals surface area contributed by atoms with Gasteiger partial charge in [-0.2, -0.15) is 0 Å². The second kappa shape index (κ2) is 6.90. The van der Waals surface area contributed by atoms with Crippen LogP contribution in [0.15, 0.2) is 36.4 Å². The lowest BCUT2D eigenvalue weighted by atomic mass is 10.1. The van der Waals surface area contributed by atoms with Gasteiger partial charge in [0.05, 0.1) is 0 Å². The highest BCUT2D eigenvalue weighted by molar-refractivity contribution is 6.31. The molecule has 0 N–H and O–H groups in total. The Morgan fingerprint density at radius 3 is 2.48 bits per heavy atom. The summed E-state index contributed by atoms with van der Waals surface area (Å²) in [4.78, 5) is 4.83. The Kier molecular flexibility index (Phi) is 4.88. The normalized spacial score (nSPS) is 15.9. The van der Waals surface area contributed by atoms with Crippen molar-refractivity contribution in [2.24, 2.45) is 0 Å². The first-order chi connectivity index (χ1) is 11.0. The Morgan fingerprint density at radius 1 is 1.04 bits per heavy atom. The summed E-state index contributed by atoms with van der Waals surface area (Å²) in [5.74, 6) is -0.279. The van der Waals surface area contributed by atoms with Gasteiger partial charge >= 0.3 is 0 Å². The van der Waals surface area contributed by atoms with Gasteiger partial charge in [0.2, 0.25) is 0 Å². The summed E-state index contributed by atoms with van der Waals surface area (Å²) in [6, 6.07) is 11.1. The maximum absolute atomic E-state index is 13.1. The van der Waals surface area contributed by atoms with Crippen LogP contribution in [0, 0.1) is 19.7 Å². The van der Waals surface area contributed by atoms with Crippen LogP contribution in [0.4, 0.5) is 10.1 Å². The number of hydrogen-bond donors (Lipinski definition) is 0. The van der Waals surface area contributed by atoms with Gasteiger partial charge in [0, 0.05) is 43.4 Å². The fourth-order valence-corrected chi connectivity index (χ4v) is 3.34. The molecule has 1 fully saturated rings. The molecule has 0 aliphatic carbocycles. The molecule has 0 bridgehead atoms. The van der Waals surface area contributed by atoms with E-state index in [-0.39, 0.29) is 5.82 Å². The molecule has 1 aliphatic heterocycles. The lowest BCUT2D eigenvalue weighted by Crippen LogP contribution is -2.46. The molecule has 0 unspecified atom stereocenters. The lowest BCUT2D eigenvalue weighted by Gasteiger charge is -2.37. The minimum atomic E-state index is -0.279. The number of piperazine rings is 1. The van der Waals surface area contributed by atoms with E-state index in [1.807, 2.05) is 0 Å². The predicted molar refractivity (Wildman–Crippen MR) is 94.8 cm³/mol. The second-order valence-electron chi connectivity index (χ2n) is 6.22. The van der Waals surface area contributed by atoms with Gasteiger partial charge in [-0.3, -0.25) is 4.90 Å².